The van der Waals surface area contributed by atoms with E-state index < -0.39 is 29.4 Å². The molecule has 0 bridgehead atoms. The Balaban J connectivity index is 1.96. The van der Waals surface area contributed by atoms with Crippen molar-refractivity contribution in [3.63, 3.8) is 0 Å². The summed E-state index contributed by atoms with van der Waals surface area (Å²) in [6.45, 7) is 0. The standard InChI is InChI=1S/C21H13F3O6/c22-21(23,24)17-8-7-16(29-14-5-1-3-12(9-14)19(25)26)11-18(17)30-15-6-2-4-13(10-15)20(27)28/h1-11H,(H,25,26)(H,27,28). The van der Waals surface area contributed by atoms with Crippen molar-refractivity contribution in [2.75, 3.05) is 0 Å². The summed E-state index contributed by atoms with van der Waals surface area (Å²) in [5.74, 6) is -3.08. The first-order chi connectivity index (χ1) is 14.1. The summed E-state index contributed by atoms with van der Waals surface area (Å²) in [4.78, 5) is 22.1. The summed E-state index contributed by atoms with van der Waals surface area (Å²) in [6, 6.07) is 13.3. The van der Waals surface area contributed by atoms with E-state index in [-0.39, 0.29) is 28.4 Å². The van der Waals surface area contributed by atoms with E-state index in [1.807, 2.05) is 0 Å². The number of hydrogen-bond donors (Lipinski definition) is 2. The van der Waals surface area contributed by atoms with E-state index in [0.717, 1.165) is 24.3 Å². The zero-order valence-electron chi connectivity index (χ0n) is 15.0. The minimum Gasteiger partial charge on any atom is -0.478 e. The Morgan fingerprint density at radius 2 is 1.20 bits per heavy atom. The number of benzene rings is 3. The smallest absolute Gasteiger partial charge is 0.419 e. The number of carboxylic acid groups (broad SMARTS) is 2. The van der Waals surface area contributed by atoms with Gasteiger partial charge in [-0.25, -0.2) is 9.59 Å². The van der Waals surface area contributed by atoms with Gasteiger partial charge in [0.25, 0.3) is 0 Å². The molecule has 0 heterocycles. The number of ether oxygens (including phenoxy) is 2. The van der Waals surface area contributed by atoms with Crippen molar-refractivity contribution in [2.45, 2.75) is 6.18 Å². The predicted molar refractivity (Wildman–Crippen MR) is 98.4 cm³/mol. The van der Waals surface area contributed by atoms with Crippen LogP contribution in [0.2, 0.25) is 0 Å². The van der Waals surface area contributed by atoms with Crippen molar-refractivity contribution in [1.82, 2.24) is 0 Å². The second-order valence-corrected chi connectivity index (χ2v) is 6.03. The lowest BCUT2D eigenvalue weighted by Gasteiger charge is -2.16. The molecule has 0 radical (unpaired) electrons. The van der Waals surface area contributed by atoms with Crippen molar-refractivity contribution in [2.24, 2.45) is 0 Å². The van der Waals surface area contributed by atoms with Crippen LogP contribution in [-0.4, -0.2) is 22.2 Å². The van der Waals surface area contributed by atoms with Crippen molar-refractivity contribution in [3.05, 3.63) is 83.4 Å². The van der Waals surface area contributed by atoms with Gasteiger partial charge in [0.05, 0.1) is 16.7 Å². The Morgan fingerprint density at radius 3 is 1.70 bits per heavy atom. The van der Waals surface area contributed by atoms with Crippen molar-refractivity contribution in [1.29, 1.82) is 0 Å². The molecule has 0 aromatic heterocycles. The van der Waals surface area contributed by atoms with Crippen LogP contribution in [0.4, 0.5) is 13.2 Å². The minimum absolute atomic E-state index is 0.0325. The molecule has 0 saturated heterocycles. The monoisotopic (exact) mass is 418 g/mol. The summed E-state index contributed by atoms with van der Waals surface area (Å²) >= 11 is 0. The molecule has 0 fully saturated rings. The van der Waals surface area contributed by atoms with Gasteiger partial charge >= 0.3 is 18.1 Å². The van der Waals surface area contributed by atoms with E-state index in [9.17, 15) is 22.8 Å². The molecule has 9 heteroatoms. The second-order valence-electron chi connectivity index (χ2n) is 6.03. The Bertz CT molecular complexity index is 1110. The Morgan fingerprint density at radius 1 is 0.700 bits per heavy atom. The SMILES string of the molecule is O=C(O)c1cccc(Oc2ccc(C(F)(F)F)c(Oc3cccc(C(=O)O)c3)c2)c1. The van der Waals surface area contributed by atoms with Crippen molar-refractivity contribution < 1.29 is 42.4 Å². The number of halogens is 3. The Kier molecular flexibility index (Phi) is 5.63. The summed E-state index contributed by atoms with van der Waals surface area (Å²) in [6.07, 6.45) is -4.73. The average Bonchev–Trinajstić information content (AvgIpc) is 2.67. The van der Waals surface area contributed by atoms with Crippen LogP contribution in [0, 0.1) is 0 Å². The van der Waals surface area contributed by atoms with Crippen LogP contribution in [-0.2, 0) is 6.18 Å². The molecule has 0 saturated carbocycles. The maximum Gasteiger partial charge on any atom is 0.419 e. The summed E-state index contributed by atoms with van der Waals surface area (Å²) < 4.78 is 50.9. The molecule has 0 aliphatic heterocycles. The zero-order valence-corrected chi connectivity index (χ0v) is 15.0. The molecule has 0 aliphatic rings. The van der Waals surface area contributed by atoms with Crippen LogP contribution >= 0.6 is 0 Å². The highest BCUT2D eigenvalue weighted by atomic mass is 19.4. The van der Waals surface area contributed by atoms with Crippen LogP contribution in [0.25, 0.3) is 0 Å². The molecule has 0 unspecified atom stereocenters. The molecular weight excluding hydrogens is 405 g/mol. The zero-order chi connectivity index (χ0) is 21.9. The van der Waals surface area contributed by atoms with Crippen LogP contribution in [0.5, 0.6) is 23.0 Å². The number of carboxylic acids is 2. The van der Waals surface area contributed by atoms with E-state index in [1.54, 1.807) is 0 Å². The predicted octanol–water partition coefficient (Wildman–Crippen LogP) is 5.69. The molecule has 6 nitrogen and oxygen atoms in total. The normalized spacial score (nSPS) is 11.0. The third-order valence-corrected chi connectivity index (χ3v) is 3.88. The number of carbonyl (C=O) groups is 2. The Labute approximate surface area is 167 Å². The van der Waals surface area contributed by atoms with Crippen LogP contribution < -0.4 is 9.47 Å². The first-order valence-electron chi connectivity index (χ1n) is 8.37. The number of hydrogen-bond acceptors (Lipinski definition) is 4. The lowest BCUT2D eigenvalue weighted by Crippen LogP contribution is -2.07. The molecule has 3 aromatic rings. The molecule has 2 N–H and O–H groups in total. The van der Waals surface area contributed by atoms with E-state index in [0.29, 0.717) is 0 Å². The van der Waals surface area contributed by atoms with Gasteiger partial charge in [-0.1, -0.05) is 12.1 Å². The fourth-order valence-electron chi connectivity index (χ4n) is 2.53. The number of aromatic carboxylic acids is 2. The van der Waals surface area contributed by atoms with Crippen LogP contribution in [0.15, 0.2) is 66.7 Å². The van der Waals surface area contributed by atoms with E-state index >= 15 is 0 Å². The van der Waals surface area contributed by atoms with E-state index in [2.05, 4.69) is 0 Å². The molecule has 0 amide bonds. The summed E-state index contributed by atoms with van der Waals surface area (Å²) in [5, 5.41) is 18.1. The molecular formula is C21H13F3O6. The van der Waals surface area contributed by atoms with Gasteiger partial charge in [-0.15, -0.1) is 0 Å². The first kappa shape index (κ1) is 20.7. The minimum atomic E-state index is -4.73. The van der Waals surface area contributed by atoms with Gasteiger partial charge in [0, 0.05) is 6.07 Å². The van der Waals surface area contributed by atoms with Gasteiger partial charge in [0.2, 0.25) is 0 Å². The van der Waals surface area contributed by atoms with Gasteiger partial charge in [0.15, 0.2) is 0 Å². The molecule has 0 atom stereocenters. The Hall–Kier alpha value is -4.01. The lowest BCUT2D eigenvalue weighted by atomic mass is 10.1. The van der Waals surface area contributed by atoms with Gasteiger partial charge in [-0.3, -0.25) is 0 Å². The summed E-state index contributed by atoms with van der Waals surface area (Å²) in [7, 11) is 0. The number of rotatable bonds is 6. The highest BCUT2D eigenvalue weighted by Gasteiger charge is 2.35. The molecule has 30 heavy (non-hydrogen) atoms. The fourth-order valence-corrected chi connectivity index (χ4v) is 2.53. The highest BCUT2D eigenvalue weighted by Crippen LogP contribution is 2.41. The van der Waals surface area contributed by atoms with Crippen LogP contribution in [0.1, 0.15) is 26.3 Å². The maximum atomic E-state index is 13.4. The fraction of sp³-hybridized carbons (Fsp3) is 0.0476. The third-order valence-electron chi connectivity index (χ3n) is 3.88. The lowest BCUT2D eigenvalue weighted by molar-refractivity contribution is -0.138. The van der Waals surface area contributed by atoms with Crippen LogP contribution in [0.3, 0.4) is 0 Å². The molecule has 0 spiro atoms. The molecule has 0 aliphatic carbocycles. The van der Waals surface area contributed by atoms with E-state index in [1.165, 1.54) is 42.5 Å². The summed E-state index contributed by atoms with van der Waals surface area (Å²) in [5.41, 5.74) is -1.30. The number of alkyl halides is 3. The van der Waals surface area contributed by atoms with Gasteiger partial charge in [-0.2, -0.15) is 13.2 Å². The van der Waals surface area contributed by atoms with Crippen molar-refractivity contribution >= 4 is 11.9 Å². The highest BCUT2D eigenvalue weighted by molar-refractivity contribution is 5.88. The van der Waals surface area contributed by atoms with Crippen molar-refractivity contribution in [3.8, 4) is 23.0 Å². The second kappa shape index (κ2) is 8.16. The van der Waals surface area contributed by atoms with Gasteiger partial charge < -0.3 is 19.7 Å². The third kappa shape index (κ3) is 4.88. The largest absolute Gasteiger partial charge is 0.478 e. The van der Waals surface area contributed by atoms with Gasteiger partial charge in [0.1, 0.15) is 23.0 Å². The maximum absolute atomic E-state index is 13.4. The molecule has 3 rings (SSSR count). The average molecular weight is 418 g/mol. The topological polar surface area (TPSA) is 93.1 Å². The quantitative estimate of drug-likeness (QED) is 0.535. The molecule has 3 aromatic carbocycles. The van der Waals surface area contributed by atoms with E-state index in [4.69, 9.17) is 19.7 Å². The van der Waals surface area contributed by atoms with Gasteiger partial charge in [-0.05, 0) is 48.5 Å². The first-order valence-corrected chi connectivity index (χ1v) is 8.37. The molecule has 154 valence electrons.